The highest BCUT2D eigenvalue weighted by molar-refractivity contribution is 7.22. The van der Waals surface area contributed by atoms with Gasteiger partial charge in [-0.1, -0.05) is 18.2 Å². The first-order valence-electron chi connectivity index (χ1n) is 5.81. The predicted octanol–water partition coefficient (Wildman–Crippen LogP) is 3.56. The van der Waals surface area contributed by atoms with Crippen LogP contribution in [0.25, 0.3) is 20.8 Å². The quantitative estimate of drug-likeness (QED) is 0.745. The van der Waals surface area contributed by atoms with E-state index in [1.165, 1.54) is 22.9 Å². The molecular weight excluding hydrogens is 230 g/mol. The molecule has 0 saturated heterocycles. The van der Waals surface area contributed by atoms with Crippen molar-refractivity contribution in [1.82, 2.24) is 15.2 Å². The van der Waals surface area contributed by atoms with Crippen molar-refractivity contribution in [2.24, 2.45) is 0 Å². The largest absolute Gasteiger partial charge is 0.262 e. The van der Waals surface area contributed by atoms with Gasteiger partial charge in [0.15, 0.2) is 5.82 Å². The lowest BCUT2D eigenvalue weighted by Crippen LogP contribution is -1.80. The number of nitrogens with zero attached hydrogens (tertiary/aromatic N) is 2. The summed E-state index contributed by atoms with van der Waals surface area (Å²) in [6.45, 7) is 0. The molecule has 0 bridgehead atoms. The Morgan fingerprint density at radius 3 is 2.94 bits per heavy atom. The molecule has 3 nitrogen and oxygen atoms in total. The molecule has 4 rings (SSSR count). The van der Waals surface area contributed by atoms with E-state index in [0.717, 1.165) is 16.5 Å². The first-order valence-corrected chi connectivity index (χ1v) is 6.63. The lowest BCUT2D eigenvalue weighted by molar-refractivity contribution is 0.935. The third kappa shape index (κ3) is 1.56. The number of hydrogen-bond donors (Lipinski definition) is 1. The lowest BCUT2D eigenvalue weighted by atomic mass is 10.2. The van der Waals surface area contributed by atoms with Crippen molar-refractivity contribution in [3.63, 3.8) is 0 Å². The molecule has 0 atom stereocenters. The van der Waals surface area contributed by atoms with Gasteiger partial charge in [-0.2, -0.15) is 5.10 Å². The van der Waals surface area contributed by atoms with Gasteiger partial charge in [0.2, 0.25) is 0 Å². The minimum Gasteiger partial charge on any atom is -0.262 e. The zero-order valence-electron chi connectivity index (χ0n) is 9.18. The molecule has 17 heavy (non-hydrogen) atoms. The number of aromatic nitrogens is 3. The van der Waals surface area contributed by atoms with Crippen LogP contribution in [0.2, 0.25) is 0 Å². The van der Waals surface area contributed by atoms with Crippen LogP contribution in [-0.2, 0) is 0 Å². The van der Waals surface area contributed by atoms with Gasteiger partial charge in [0, 0.05) is 10.6 Å². The molecule has 0 aliphatic heterocycles. The molecule has 1 aliphatic rings. The van der Waals surface area contributed by atoms with Gasteiger partial charge < -0.3 is 0 Å². The van der Waals surface area contributed by atoms with Crippen molar-refractivity contribution in [2.75, 3.05) is 0 Å². The van der Waals surface area contributed by atoms with E-state index in [-0.39, 0.29) is 0 Å². The maximum absolute atomic E-state index is 4.58. The second kappa shape index (κ2) is 3.40. The van der Waals surface area contributed by atoms with Crippen molar-refractivity contribution in [1.29, 1.82) is 0 Å². The van der Waals surface area contributed by atoms with Crippen molar-refractivity contribution in [3.05, 3.63) is 36.2 Å². The summed E-state index contributed by atoms with van der Waals surface area (Å²) in [5.74, 6) is 2.52. The van der Waals surface area contributed by atoms with Crippen molar-refractivity contribution < 1.29 is 0 Å². The molecule has 1 aliphatic carbocycles. The molecule has 1 fully saturated rings. The number of H-pyrrole nitrogens is 1. The van der Waals surface area contributed by atoms with Crippen molar-refractivity contribution in [3.8, 4) is 10.7 Å². The third-order valence-corrected chi connectivity index (χ3v) is 4.22. The highest BCUT2D eigenvalue weighted by atomic mass is 32.1. The van der Waals surface area contributed by atoms with E-state index in [1.807, 2.05) is 0 Å². The Hall–Kier alpha value is -1.68. The van der Waals surface area contributed by atoms with Crippen LogP contribution < -0.4 is 0 Å². The van der Waals surface area contributed by atoms with Gasteiger partial charge in [-0.15, -0.1) is 11.3 Å². The average Bonchev–Trinajstić information content (AvgIpc) is 2.94. The molecular formula is C13H11N3S. The fourth-order valence-corrected chi connectivity index (χ4v) is 3.01. The lowest BCUT2D eigenvalue weighted by Gasteiger charge is -1.85. The van der Waals surface area contributed by atoms with Gasteiger partial charge in [0.25, 0.3) is 0 Å². The van der Waals surface area contributed by atoms with Gasteiger partial charge >= 0.3 is 0 Å². The van der Waals surface area contributed by atoms with E-state index in [1.54, 1.807) is 11.3 Å². The van der Waals surface area contributed by atoms with Gasteiger partial charge in [-0.3, -0.25) is 5.10 Å². The minimum atomic E-state index is 0.630. The van der Waals surface area contributed by atoms with Gasteiger partial charge in [-0.05, 0) is 30.4 Å². The topological polar surface area (TPSA) is 41.6 Å². The molecule has 1 N–H and O–H groups in total. The maximum Gasteiger partial charge on any atom is 0.191 e. The molecule has 0 amide bonds. The Balaban J connectivity index is 1.80. The molecule has 2 aromatic heterocycles. The van der Waals surface area contributed by atoms with Crippen LogP contribution >= 0.6 is 11.3 Å². The van der Waals surface area contributed by atoms with Crippen LogP contribution in [0.3, 0.4) is 0 Å². The highest BCUT2D eigenvalue weighted by Crippen LogP contribution is 2.39. The summed E-state index contributed by atoms with van der Waals surface area (Å²) in [5.41, 5.74) is 0. The Labute approximate surface area is 103 Å². The molecule has 84 valence electrons. The Morgan fingerprint density at radius 1 is 1.24 bits per heavy atom. The fourth-order valence-electron chi connectivity index (χ4n) is 2.02. The summed E-state index contributed by atoms with van der Waals surface area (Å²) in [4.78, 5) is 5.73. The van der Waals surface area contributed by atoms with E-state index in [2.05, 4.69) is 45.5 Å². The van der Waals surface area contributed by atoms with Crippen LogP contribution in [0.1, 0.15) is 24.6 Å². The second-order valence-corrected chi connectivity index (χ2v) is 5.55. The summed E-state index contributed by atoms with van der Waals surface area (Å²) in [6.07, 6.45) is 2.50. The normalized spacial score (nSPS) is 15.5. The molecule has 0 spiro atoms. The number of nitrogens with one attached hydrogen (secondary N) is 1. The number of thiophene rings is 1. The summed E-state index contributed by atoms with van der Waals surface area (Å²) in [5, 5.41) is 8.64. The zero-order valence-corrected chi connectivity index (χ0v) is 10.00. The molecule has 0 unspecified atom stereocenters. The summed E-state index contributed by atoms with van der Waals surface area (Å²) < 4.78 is 1.29. The number of hydrogen-bond acceptors (Lipinski definition) is 3. The fraction of sp³-hybridized carbons (Fsp3) is 0.231. The number of fused-ring (bicyclic) bond motifs is 1. The van der Waals surface area contributed by atoms with Crippen LogP contribution in [0.5, 0.6) is 0 Å². The number of rotatable bonds is 2. The highest BCUT2D eigenvalue weighted by Gasteiger charge is 2.27. The van der Waals surface area contributed by atoms with E-state index in [0.29, 0.717) is 5.92 Å². The van der Waals surface area contributed by atoms with Gasteiger partial charge in [0.05, 0.1) is 4.88 Å². The van der Waals surface area contributed by atoms with E-state index >= 15 is 0 Å². The van der Waals surface area contributed by atoms with Crippen LogP contribution in [0, 0.1) is 0 Å². The van der Waals surface area contributed by atoms with Gasteiger partial charge in [0.1, 0.15) is 5.82 Å². The molecule has 2 heterocycles. The van der Waals surface area contributed by atoms with E-state index < -0.39 is 0 Å². The Morgan fingerprint density at radius 2 is 2.12 bits per heavy atom. The molecule has 1 saturated carbocycles. The third-order valence-electron chi connectivity index (χ3n) is 3.11. The predicted molar refractivity (Wildman–Crippen MR) is 69.2 cm³/mol. The standard InChI is InChI=1S/C13H11N3S/c1-2-4-10-9(3-1)7-11(17-10)13-14-12(15-16-13)8-5-6-8/h1-4,7-8H,5-6H2,(H,14,15,16). The number of aromatic amines is 1. The summed E-state index contributed by atoms with van der Waals surface area (Å²) >= 11 is 1.75. The monoisotopic (exact) mass is 241 g/mol. The summed E-state index contributed by atoms with van der Waals surface area (Å²) in [7, 11) is 0. The van der Waals surface area contributed by atoms with Crippen molar-refractivity contribution >= 4 is 21.4 Å². The number of benzene rings is 1. The van der Waals surface area contributed by atoms with E-state index in [9.17, 15) is 0 Å². The van der Waals surface area contributed by atoms with E-state index in [4.69, 9.17) is 0 Å². The molecule has 0 radical (unpaired) electrons. The summed E-state index contributed by atoms with van der Waals surface area (Å²) in [6, 6.07) is 10.6. The van der Waals surface area contributed by atoms with Gasteiger partial charge in [-0.25, -0.2) is 4.98 Å². The second-order valence-electron chi connectivity index (χ2n) is 4.47. The first kappa shape index (κ1) is 9.36. The van der Waals surface area contributed by atoms with Crippen molar-refractivity contribution in [2.45, 2.75) is 18.8 Å². The van der Waals surface area contributed by atoms with Crippen LogP contribution in [-0.4, -0.2) is 15.2 Å². The maximum atomic E-state index is 4.58. The Bertz CT molecular complexity index is 646. The van der Waals surface area contributed by atoms with Crippen LogP contribution in [0.15, 0.2) is 30.3 Å². The first-order chi connectivity index (χ1) is 8.40. The molecule has 3 aromatic rings. The minimum absolute atomic E-state index is 0.630. The average molecular weight is 241 g/mol. The van der Waals surface area contributed by atoms with Crippen LogP contribution in [0.4, 0.5) is 0 Å². The zero-order chi connectivity index (χ0) is 11.2. The molecule has 4 heteroatoms. The SMILES string of the molecule is c1ccc2sc(-c3n[nH]c(C4CC4)n3)cc2c1. The smallest absolute Gasteiger partial charge is 0.191 e. The molecule has 1 aromatic carbocycles. The Kier molecular flexibility index (Phi) is 1.87.